The zero-order valence-corrected chi connectivity index (χ0v) is 15.2. The van der Waals surface area contributed by atoms with Crippen LogP contribution in [0, 0.1) is 0 Å². The topological polar surface area (TPSA) is 164 Å². The molecule has 0 aliphatic heterocycles. The number of anilines is 1. The first-order valence-corrected chi connectivity index (χ1v) is 9.67. The Morgan fingerprint density at radius 3 is 2.67 bits per heavy atom. The Balaban J connectivity index is 1.78. The predicted molar refractivity (Wildman–Crippen MR) is 100 cm³/mol. The molecular weight excluding hydrogens is 374 g/mol. The van der Waals surface area contributed by atoms with Crippen molar-refractivity contribution < 1.29 is 23.1 Å². The summed E-state index contributed by atoms with van der Waals surface area (Å²) in [7, 11) is -4.08. The van der Waals surface area contributed by atoms with Gasteiger partial charge in [0.25, 0.3) is 0 Å². The lowest BCUT2D eigenvalue weighted by molar-refractivity contribution is -0.117. The third kappa shape index (κ3) is 6.47. The van der Waals surface area contributed by atoms with Crippen LogP contribution < -0.4 is 20.5 Å². The summed E-state index contributed by atoms with van der Waals surface area (Å²) in [4.78, 5) is 26.8. The molecule has 0 spiro atoms. The standard InChI is InChI=1S/C16H21N5O5S/c17-12(7-1-2-10-19-27(25,26)21-16(23)24)15(22)20-13-8-3-5-11-6-4-9-18-14(11)13/h3-6,8-9,12,19,21H,1-2,7,10,17H2,(H,20,22)(H,23,24). The van der Waals surface area contributed by atoms with Crippen molar-refractivity contribution in [3.8, 4) is 0 Å². The van der Waals surface area contributed by atoms with E-state index < -0.39 is 22.3 Å². The quantitative estimate of drug-likeness (QED) is 0.391. The van der Waals surface area contributed by atoms with E-state index in [4.69, 9.17) is 10.8 Å². The van der Waals surface area contributed by atoms with Gasteiger partial charge in [0.05, 0.1) is 17.2 Å². The van der Waals surface area contributed by atoms with Gasteiger partial charge in [-0.1, -0.05) is 24.6 Å². The molecule has 0 bridgehead atoms. The molecule has 0 aliphatic carbocycles. The molecule has 1 heterocycles. The van der Waals surface area contributed by atoms with Gasteiger partial charge in [0.2, 0.25) is 5.91 Å². The van der Waals surface area contributed by atoms with Crippen molar-refractivity contribution in [2.75, 3.05) is 11.9 Å². The summed E-state index contributed by atoms with van der Waals surface area (Å²) in [5.41, 5.74) is 7.12. The lowest BCUT2D eigenvalue weighted by atomic mass is 10.1. The van der Waals surface area contributed by atoms with Gasteiger partial charge < -0.3 is 16.2 Å². The van der Waals surface area contributed by atoms with Gasteiger partial charge in [0.15, 0.2) is 0 Å². The molecule has 6 N–H and O–H groups in total. The molecule has 1 aromatic heterocycles. The van der Waals surface area contributed by atoms with E-state index in [0.717, 1.165) is 5.39 Å². The summed E-state index contributed by atoms with van der Waals surface area (Å²) in [6.07, 6.45) is 1.20. The number of benzene rings is 1. The summed E-state index contributed by atoms with van der Waals surface area (Å²) in [5.74, 6) is -0.360. The van der Waals surface area contributed by atoms with Crippen molar-refractivity contribution in [3.63, 3.8) is 0 Å². The minimum absolute atomic E-state index is 0.0319. The maximum absolute atomic E-state index is 12.2. The largest absolute Gasteiger partial charge is 0.464 e. The molecule has 27 heavy (non-hydrogen) atoms. The maximum Gasteiger partial charge on any atom is 0.419 e. The fourth-order valence-corrected chi connectivity index (χ4v) is 3.12. The lowest BCUT2D eigenvalue weighted by Gasteiger charge is -2.13. The molecule has 10 nitrogen and oxygen atoms in total. The predicted octanol–water partition coefficient (Wildman–Crippen LogP) is 0.773. The van der Waals surface area contributed by atoms with Gasteiger partial charge in [-0.25, -0.2) is 9.52 Å². The van der Waals surface area contributed by atoms with Gasteiger partial charge in [-0.3, -0.25) is 9.78 Å². The number of nitrogens with zero attached hydrogens (tertiary/aromatic N) is 1. The number of aromatic nitrogens is 1. The van der Waals surface area contributed by atoms with E-state index in [1.165, 1.54) is 4.72 Å². The SMILES string of the molecule is NC(CCCCNS(=O)(=O)NC(=O)O)C(=O)Nc1cccc2cccnc12. The molecule has 0 saturated carbocycles. The van der Waals surface area contributed by atoms with Gasteiger partial charge in [-0.2, -0.15) is 13.1 Å². The normalized spacial score (nSPS) is 12.5. The lowest BCUT2D eigenvalue weighted by Crippen LogP contribution is -2.40. The summed E-state index contributed by atoms with van der Waals surface area (Å²) >= 11 is 0. The number of amides is 2. The highest BCUT2D eigenvalue weighted by atomic mass is 32.2. The number of fused-ring (bicyclic) bond motifs is 1. The second kappa shape index (κ2) is 9.26. The van der Waals surface area contributed by atoms with Gasteiger partial charge in [0, 0.05) is 18.1 Å². The number of carbonyl (C=O) groups excluding carboxylic acids is 1. The molecule has 0 radical (unpaired) electrons. The van der Waals surface area contributed by atoms with Crippen molar-refractivity contribution in [3.05, 3.63) is 36.5 Å². The van der Waals surface area contributed by atoms with E-state index >= 15 is 0 Å². The summed E-state index contributed by atoms with van der Waals surface area (Å²) in [6, 6.07) is 8.36. The van der Waals surface area contributed by atoms with E-state index in [-0.39, 0.29) is 12.5 Å². The number of rotatable bonds is 9. The molecule has 2 amide bonds. The van der Waals surface area contributed by atoms with Gasteiger partial charge in [-0.05, 0) is 25.0 Å². The number of carboxylic acid groups (broad SMARTS) is 1. The van der Waals surface area contributed by atoms with Crippen molar-refractivity contribution in [2.45, 2.75) is 25.3 Å². The molecule has 1 aromatic carbocycles. The third-order valence-electron chi connectivity index (χ3n) is 3.68. The van der Waals surface area contributed by atoms with E-state index in [1.54, 1.807) is 18.3 Å². The van der Waals surface area contributed by atoms with Crippen LogP contribution in [0.3, 0.4) is 0 Å². The smallest absolute Gasteiger partial charge is 0.419 e. The van der Waals surface area contributed by atoms with Crippen LogP contribution in [0.25, 0.3) is 10.9 Å². The number of hydrogen-bond acceptors (Lipinski definition) is 6. The Bertz CT molecular complexity index is 913. The molecule has 11 heteroatoms. The number of nitrogens with one attached hydrogen (secondary N) is 3. The fourth-order valence-electron chi connectivity index (χ4n) is 2.41. The summed E-state index contributed by atoms with van der Waals surface area (Å²) < 4.78 is 26.0. The van der Waals surface area contributed by atoms with Crippen molar-refractivity contribution in [1.82, 2.24) is 14.4 Å². The molecule has 2 aromatic rings. The first kappa shape index (κ1) is 20.6. The molecular formula is C16H21N5O5S. The van der Waals surface area contributed by atoms with Crippen molar-refractivity contribution in [1.29, 1.82) is 0 Å². The van der Waals surface area contributed by atoms with Crippen molar-refractivity contribution >= 4 is 38.8 Å². The number of pyridine rings is 1. The molecule has 146 valence electrons. The first-order valence-electron chi connectivity index (χ1n) is 8.19. The Morgan fingerprint density at radius 2 is 1.93 bits per heavy atom. The molecule has 2 rings (SSSR count). The Hall–Kier alpha value is -2.76. The van der Waals surface area contributed by atoms with Crippen LogP contribution in [0.1, 0.15) is 19.3 Å². The second-order valence-electron chi connectivity index (χ2n) is 5.78. The average molecular weight is 395 g/mol. The zero-order chi connectivity index (χ0) is 19.9. The minimum atomic E-state index is -4.08. The van der Waals surface area contributed by atoms with E-state index in [2.05, 4.69) is 15.0 Å². The summed E-state index contributed by atoms with van der Waals surface area (Å²) in [5, 5.41) is 12.0. The number of carbonyl (C=O) groups is 2. The zero-order valence-electron chi connectivity index (χ0n) is 14.4. The van der Waals surface area contributed by atoms with Crippen LogP contribution >= 0.6 is 0 Å². The third-order valence-corrected chi connectivity index (χ3v) is 4.71. The highest BCUT2D eigenvalue weighted by Gasteiger charge is 2.15. The molecule has 0 saturated heterocycles. The molecule has 0 fully saturated rings. The van der Waals surface area contributed by atoms with Crippen LogP contribution in [0.15, 0.2) is 36.5 Å². The van der Waals surface area contributed by atoms with Crippen LogP contribution in [-0.2, 0) is 15.0 Å². The maximum atomic E-state index is 12.2. The fraction of sp³-hybridized carbons (Fsp3) is 0.312. The Labute approximate surface area is 156 Å². The number of nitrogens with two attached hydrogens (primary N) is 1. The monoisotopic (exact) mass is 395 g/mol. The molecule has 1 atom stereocenters. The van der Waals surface area contributed by atoms with Crippen LogP contribution in [0.4, 0.5) is 10.5 Å². The minimum Gasteiger partial charge on any atom is -0.464 e. The van der Waals surface area contributed by atoms with Gasteiger partial charge >= 0.3 is 16.3 Å². The van der Waals surface area contributed by atoms with Gasteiger partial charge in [0.1, 0.15) is 0 Å². The molecule has 0 aliphatic rings. The van der Waals surface area contributed by atoms with Crippen molar-refractivity contribution in [2.24, 2.45) is 5.73 Å². The van der Waals surface area contributed by atoms with Crippen LogP contribution in [-0.4, -0.2) is 43.1 Å². The van der Waals surface area contributed by atoms with E-state index in [1.807, 2.05) is 18.2 Å². The van der Waals surface area contributed by atoms with E-state index in [0.29, 0.717) is 30.5 Å². The molecule has 1 unspecified atom stereocenters. The highest BCUT2D eigenvalue weighted by molar-refractivity contribution is 7.88. The number of unbranched alkanes of at least 4 members (excludes halogenated alkanes) is 1. The van der Waals surface area contributed by atoms with Gasteiger partial charge in [-0.15, -0.1) is 0 Å². The first-order chi connectivity index (χ1) is 12.8. The Morgan fingerprint density at radius 1 is 1.19 bits per heavy atom. The Kier molecular flexibility index (Phi) is 7.05. The second-order valence-corrected chi connectivity index (χ2v) is 7.28. The highest BCUT2D eigenvalue weighted by Crippen LogP contribution is 2.20. The van der Waals surface area contributed by atoms with Crippen LogP contribution in [0.2, 0.25) is 0 Å². The van der Waals surface area contributed by atoms with E-state index in [9.17, 15) is 18.0 Å². The summed E-state index contributed by atoms with van der Waals surface area (Å²) in [6.45, 7) is 0.0319. The number of para-hydroxylation sites is 1. The van der Waals surface area contributed by atoms with Crippen LogP contribution in [0.5, 0.6) is 0 Å². The average Bonchev–Trinajstić information content (AvgIpc) is 2.60. The number of hydrogen-bond donors (Lipinski definition) is 5.